The largest absolute Gasteiger partial charge is 0.506 e. The number of amides is 1. The Balaban J connectivity index is 1.67. The summed E-state index contributed by atoms with van der Waals surface area (Å²) in [5.41, 5.74) is 2.34. The number of rotatable bonds is 5. The minimum atomic E-state index is -1.36. The number of nitrogens with zero attached hydrogens (tertiary/aromatic N) is 4. The quantitative estimate of drug-likeness (QED) is 0.317. The van der Waals surface area contributed by atoms with E-state index in [0.717, 1.165) is 17.2 Å². The summed E-state index contributed by atoms with van der Waals surface area (Å²) < 4.78 is 6.33. The van der Waals surface area contributed by atoms with Crippen molar-refractivity contribution in [3.63, 3.8) is 0 Å². The normalized spacial score (nSPS) is 24.8. The van der Waals surface area contributed by atoms with E-state index in [-0.39, 0.29) is 27.2 Å². The van der Waals surface area contributed by atoms with Crippen molar-refractivity contribution in [2.75, 3.05) is 6.61 Å². The summed E-state index contributed by atoms with van der Waals surface area (Å²) in [7, 11) is 0. The molecule has 1 aromatic heterocycles. The van der Waals surface area contributed by atoms with Crippen molar-refractivity contribution in [2.24, 2.45) is 5.10 Å². The van der Waals surface area contributed by atoms with Crippen LogP contribution >= 0.6 is 23.2 Å². The maximum absolute atomic E-state index is 12.1. The first-order chi connectivity index (χ1) is 13.3. The first-order valence-corrected chi connectivity index (χ1v) is 8.62. The molecule has 13 heteroatoms. The number of hydrogen-bond acceptors (Lipinski definition) is 9. The molecular formula is C15H15Cl2N5O6. The number of aromatic nitrogens is 3. The fraction of sp³-hybridized carbons (Fsp3) is 0.333. The van der Waals surface area contributed by atoms with Gasteiger partial charge in [0.25, 0.3) is 0 Å². The first-order valence-electron chi connectivity index (χ1n) is 7.86. The lowest BCUT2D eigenvalue weighted by Crippen LogP contribution is -2.33. The molecule has 0 radical (unpaired) electrons. The molecule has 0 saturated carbocycles. The molecule has 3 rings (SSSR count). The average molecular weight is 432 g/mol. The van der Waals surface area contributed by atoms with Crippen LogP contribution in [-0.4, -0.2) is 72.2 Å². The van der Waals surface area contributed by atoms with E-state index in [9.17, 15) is 20.1 Å². The Hall–Kier alpha value is -2.28. The van der Waals surface area contributed by atoms with Gasteiger partial charge < -0.3 is 25.2 Å². The van der Waals surface area contributed by atoms with Crippen molar-refractivity contribution in [3.05, 3.63) is 39.9 Å². The fourth-order valence-electron chi connectivity index (χ4n) is 2.49. The summed E-state index contributed by atoms with van der Waals surface area (Å²) in [4.78, 5) is 15.9. The molecule has 5 N–H and O–H groups in total. The van der Waals surface area contributed by atoms with Gasteiger partial charge in [0.05, 0.1) is 17.8 Å². The molecule has 4 atom stereocenters. The van der Waals surface area contributed by atoms with Gasteiger partial charge >= 0.3 is 5.91 Å². The fourth-order valence-corrected chi connectivity index (χ4v) is 3.00. The van der Waals surface area contributed by atoms with Crippen LogP contribution < -0.4 is 5.43 Å². The Morgan fingerprint density at radius 2 is 2.11 bits per heavy atom. The monoisotopic (exact) mass is 431 g/mol. The molecule has 2 heterocycles. The zero-order chi connectivity index (χ0) is 20.4. The Labute approximate surface area is 167 Å². The third-order valence-corrected chi connectivity index (χ3v) is 4.42. The average Bonchev–Trinajstić information content (AvgIpc) is 3.25. The summed E-state index contributed by atoms with van der Waals surface area (Å²) >= 11 is 11.6. The second kappa shape index (κ2) is 8.39. The summed E-state index contributed by atoms with van der Waals surface area (Å²) in [5.74, 6) is -1.33. The third-order valence-electron chi connectivity index (χ3n) is 3.92. The van der Waals surface area contributed by atoms with Crippen LogP contribution in [0, 0.1) is 0 Å². The van der Waals surface area contributed by atoms with Crippen molar-refractivity contribution in [2.45, 2.75) is 24.5 Å². The van der Waals surface area contributed by atoms with E-state index in [1.165, 1.54) is 12.1 Å². The zero-order valence-electron chi connectivity index (χ0n) is 14.0. The van der Waals surface area contributed by atoms with Gasteiger partial charge in [0.2, 0.25) is 5.82 Å². The zero-order valence-corrected chi connectivity index (χ0v) is 15.5. The second-order valence-electron chi connectivity index (χ2n) is 5.80. The van der Waals surface area contributed by atoms with Crippen LogP contribution in [0.5, 0.6) is 5.75 Å². The predicted molar refractivity (Wildman–Crippen MR) is 96.2 cm³/mol. The Morgan fingerprint density at radius 3 is 2.79 bits per heavy atom. The van der Waals surface area contributed by atoms with Crippen LogP contribution in [0.1, 0.15) is 22.4 Å². The molecule has 1 fully saturated rings. The maximum Gasteiger partial charge on any atom is 0.310 e. The van der Waals surface area contributed by atoms with Gasteiger partial charge in [-0.1, -0.05) is 23.2 Å². The van der Waals surface area contributed by atoms with E-state index >= 15 is 0 Å². The van der Waals surface area contributed by atoms with E-state index in [1.54, 1.807) is 0 Å². The van der Waals surface area contributed by atoms with Crippen molar-refractivity contribution in [3.8, 4) is 5.75 Å². The SMILES string of the molecule is O=C(N/N=C/c1cc(Cl)cc(Cl)c1O)c1ncn([C@@H]2O[C@H](CO)[C@@H](O)[C@H]2O)n1. The summed E-state index contributed by atoms with van der Waals surface area (Å²) in [6.07, 6.45) is -2.50. The lowest BCUT2D eigenvalue weighted by molar-refractivity contribution is -0.0588. The molecule has 1 aromatic carbocycles. The molecule has 0 bridgehead atoms. The van der Waals surface area contributed by atoms with E-state index in [2.05, 4.69) is 20.6 Å². The van der Waals surface area contributed by atoms with Crippen LogP contribution in [0.3, 0.4) is 0 Å². The van der Waals surface area contributed by atoms with Gasteiger partial charge in [-0.3, -0.25) is 4.79 Å². The van der Waals surface area contributed by atoms with Gasteiger partial charge in [-0.25, -0.2) is 15.1 Å². The van der Waals surface area contributed by atoms with Gasteiger partial charge in [0.15, 0.2) is 6.23 Å². The second-order valence-corrected chi connectivity index (χ2v) is 6.65. The Bertz CT molecular complexity index is 907. The first kappa shape index (κ1) is 20.5. The summed E-state index contributed by atoms with van der Waals surface area (Å²) in [6, 6.07) is 2.75. The molecule has 2 aromatic rings. The number of nitrogens with one attached hydrogen (secondary N) is 1. The number of carbonyl (C=O) groups excluding carboxylic acids is 1. The number of phenols is 1. The Kier molecular flexibility index (Phi) is 6.13. The van der Waals surface area contributed by atoms with Crippen molar-refractivity contribution >= 4 is 35.3 Å². The minimum Gasteiger partial charge on any atom is -0.506 e. The molecule has 11 nitrogen and oxygen atoms in total. The van der Waals surface area contributed by atoms with Crippen LogP contribution in [0.25, 0.3) is 0 Å². The van der Waals surface area contributed by atoms with Gasteiger partial charge in [-0.15, -0.1) is 5.10 Å². The number of aliphatic hydroxyl groups is 3. The van der Waals surface area contributed by atoms with Gasteiger partial charge in [0, 0.05) is 10.6 Å². The molecule has 1 saturated heterocycles. The number of phenolic OH excluding ortho intramolecular Hbond substituents is 1. The van der Waals surface area contributed by atoms with Gasteiger partial charge in [-0.05, 0) is 12.1 Å². The predicted octanol–water partition coefficient (Wildman–Crippen LogP) is -0.334. The van der Waals surface area contributed by atoms with Gasteiger partial charge in [-0.2, -0.15) is 5.10 Å². The summed E-state index contributed by atoms with van der Waals surface area (Å²) in [5, 5.41) is 46.5. The highest BCUT2D eigenvalue weighted by Gasteiger charge is 2.44. The highest BCUT2D eigenvalue weighted by atomic mass is 35.5. The lowest BCUT2D eigenvalue weighted by atomic mass is 10.1. The molecule has 1 amide bonds. The molecular weight excluding hydrogens is 417 g/mol. The summed E-state index contributed by atoms with van der Waals surface area (Å²) in [6.45, 7) is -0.494. The van der Waals surface area contributed by atoms with E-state index in [4.69, 9.17) is 33.0 Å². The minimum absolute atomic E-state index is 0.0270. The molecule has 1 aliphatic heterocycles. The van der Waals surface area contributed by atoms with Gasteiger partial charge in [0.1, 0.15) is 30.4 Å². The highest BCUT2D eigenvalue weighted by Crippen LogP contribution is 2.30. The molecule has 28 heavy (non-hydrogen) atoms. The smallest absolute Gasteiger partial charge is 0.310 e. The lowest BCUT2D eigenvalue weighted by Gasteiger charge is -2.13. The number of ether oxygens (including phenoxy) is 1. The van der Waals surface area contributed by atoms with E-state index in [0.29, 0.717) is 0 Å². The van der Waals surface area contributed by atoms with Crippen LogP contribution in [0.15, 0.2) is 23.6 Å². The number of halogens is 2. The van der Waals surface area contributed by atoms with Crippen molar-refractivity contribution in [1.29, 1.82) is 0 Å². The number of hydrogen-bond donors (Lipinski definition) is 5. The van der Waals surface area contributed by atoms with Crippen LogP contribution in [0.4, 0.5) is 0 Å². The van der Waals surface area contributed by atoms with Crippen LogP contribution in [0.2, 0.25) is 10.0 Å². The third kappa shape index (κ3) is 4.09. The molecule has 1 aliphatic rings. The molecule has 0 spiro atoms. The van der Waals surface area contributed by atoms with Crippen molar-refractivity contribution in [1.82, 2.24) is 20.2 Å². The van der Waals surface area contributed by atoms with E-state index in [1.807, 2.05) is 0 Å². The molecule has 0 unspecified atom stereocenters. The maximum atomic E-state index is 12.1. The number of hydrazone groups is 1. The number of carbonyl (C=O) groups is 1. The molecule has 150 valence electrons. The number of aromatic hydroxyl groups is 1. The van der Waals surface area contributed by atoms with Crippen LogP contribution in [-0.2, 0) is 4.74 Å². The number of aliphatic hydroxyl groups excluding tert-OH is 3. The number of benzene rings is 1. The Morgan fingerprint density at radius 1 is 1.36 bits per heavy atom. The standard InChI is InChI=1S/C15H15Cl2N5O6/c16-7-1-6(10(24)8(17)2-7)3-19-20-14(27)13-18-5-22(21-13)15-12(26)11(25)9(4-23)28-15/h1-3,5,9,11-12,15,23-26H,4H2,(H,20,27)/b19-3+/t9-,11-,12-,15-/m1/s1. The highest BCUT2D eigenvalue weighted by molar-refractivity contribution is 6.36. The molecule has 0 aliphatic carbocycles. The topological polar surface area (TPSA) is 162 Å². The van der Waals surface area contributed by atoms with E-state index < -0.39 is 37.1 Å². The van der Waals surface area contributed by atoms with Crippen molar-refractivity contribution < 1.29 is 30.0 Å².